The predicted octanol–water partition coefficient (Wildman–Crippen LogP) is 5.19. The normalized spacial score (nSPS) is 11.5. The molecule has 0 spiro atoms. The average Bonchev–Trinajstić information content (AvgIpc) is 2.69. The number of benzene rings is 1. The molecule has 2 aromatic heterocycles. The van der Waals surface area contributed by atoms with Gasteiger partial charge in [0.15, 0.2) is 11.1 Å². The Morgan fingerprint density at radius 1 is 1.28 bits per heavy atom. The van der Waals surface area contributed by atoms with Gasteiger partial charge in [-0.25, -0.2) is 18.2 Å². The van der Waals surface area contributed by atoms with E-state index < -0.39 is 22.9 Å². The number of aromatic nitrogens is 2. The van der Waals surface area contributed by atoms with Gasteiger partial charge in [-0.3, -0.25) is 9.36 Å². The van der Waals surface area contributed by atoms with Crippen LogP contribution in [0.25, 0.3) is 16.7 Å². The van der Waals surface area contributed by atoms with Crippen molar-refractivity contribution < 1.29 is 13.2 Å². The molecule has 2 heterocycles. The largest absolute Gasteiger partial charge is 0.339 e. The van der Waals surface area contributed by atoms with Crippen molar-refractivity contribution in [2.45, 2.75) is 13.3 Å². The van der Waals surface area contributed by atoms with Crippen molar-refractivity contribution in [1.29, 1.82) is 0 Å². The van der Waals surface area contributed by atoms with Crippen molar-refractivity contribution in [1.82, 2.24) is 9.55 Å². The number of rotatable bonds is 6. The number of fused-ring (bicyclic) bond motifs is 1. The highest BCUT2D eigenvalue weighted by atomic mass is 19.1. The summed E-state index contributed by atoms with van der Waals surface area (Å²) in [6, 6.07) is 6.97. The number of anilines is 1. The molecule has 0 radical (unpaired) electrons. The van der Waals surface area contributed by atoms with Crippen molar-refractivity contribution in [2.24, 2.45) is 0 Å². The minimum atomic E-state index is -0.807. The Labute approximate surface area is 165 Å². The maximum Gasteiger partial charge on any atom is 0.193 e. The maximum absolute atomic E-state index is 14.6. The van der Waals surface area contributed by atoms with Gasteiger partial charge in [-0.05, 0) is 24.6 Å². The topological polar surface area (TPSA) is 46.9 Å². The van der Waals surface area contributed by atoms with E-state index in [1.165, 1.54) is 34.9 Å². The molecule has 0 atom stereocenters. The Balaban J connectivity index is 2.45. The van der Waals surface area contributed by atoms with Crippen molar-refractivity contribution in [2.75, 3.05) is 5.32 Å². The van der Waals surface area contributed by atoms with Crippen molar-refractivity contribution in [3.63, 3.8) is 0 Å². The summed E-state index contributed by atoms with van der Waals surface area (Å²) >= 11 is 0. The second kappa shape index (κ2) is 8.18. The van der Waals surface area contributed by atoms with Crippen LogP contribution in [0.15, 0.2) is 78.2 Å². The lowest BCUT2D eigenvalue weighted by molar-refractivity contribution is 0.607. The Morgan fingerprint density at radius 3 is 2.62 bits per heavy atom. The van der Waals surface area contributed by atoms with E-state index in [-0.39, 0.29) is 40.2 Å². The molecule has 0 unspecified atom stereocenters. The van der Waals surface area contributed by atoms with Crippen molar-refractivity contribution in [3.8, 4) is 5.69 Å². The quantitative estimate of drug-likeness (QED) is 0.582. The van der Waals surface area contributed by atoms with E-state index in [4.69, 9.17) is 0 Å². The molecular weight excluding hydrogens is 379 g/mol. The highest BCUT2D eigenvalue weighted by molar-refractivity contribution is 5.83. The zero-order valence-corrected chi connectivity index (χ0v) is 15.7. The molecule has 0 bridgehead atoms. The number of halogens is 3. The fourth-order valence-electron chi connectivity index (χ4n) is 3.09. The van der Waals surface area contributed by atoms with Gasteiger partial charge in [0.2, 0.25) is 0 Å². The number of para-hydroxylation sites is 1. The molecule has 4 nitrogen and oxygen atoms in total. The number of nitrogens with one attached hydrogen (secondary N) is 1. The van der Waals surface area contributed by atoms with Gasteiger partial charge in [-0.2, -0.15) is 0 Å². The van der Waals surface area contributed by atoms with Crippen LogP contribution in [0.2, 0.25) is 0 Å². The van der Waals surface area contributed by atoms with Crippen LogP contribution >= 0.6 is 0 Å². The van der Waals surface area contributed by atoms with Crippen molar-refractivity contribution in [3.05, 3.63) is 101 Å². The van der Waals surface area contributed by atoms with Gasteiger partial charge < -0.3 is 5.32 Å². The van der Waals surface area contributed by atoms with E-state index in [9.17, 15) is 18.0 Å². The summed E-state index contributed by atoms with van der Waals surface area (Å²) in [5.41, 5.74) is -0.314. The lowest BCUT2D eigenvalue weighted by Gasteiger charge is -2.19. The Hall–Kier alpha value is -3.61. The van der Waals surface area contributed by atoms with Crippen LogP contribution in [-0.2, 0) is 6.42 Å². The molecule has 3 aromatic rings. The van der Waals surface area contributed by atoms with Crippen LogP contribution < -0.4 is 10.7 Å². The smallest absolute Gasteiger partial charge is 0.193 e. The monoisotopic (exact) mass is 397 g/mol. The van der Waals surface area contributed by atoms with Crippen LogP contribution in [0, 0.1) is 11.6 Å². The van der Waals surface area contributed by atoms with E-state index in [0.717, 1.165) is 12.3 Å². The highest BCUT2D eigenvalue weighted by Gasteiger charge is 2.19. The van der Waals surface area contributed by atoms with E-state index in [2.05, 4.69) is 23.5 Å². The van der Waals surface area contributed by atoms with Gasteiger partial charge in [0.25, 0.3) is 0 Å². The number of hydrogen-bond acceptors (Lipinski definition) is 3. The van der Waals surface area contributed by atoms with Crippen molar-refractivity contribution >= 4 is 16.9 Å². The molecule has 0 aliphatic carbocycles. The van der Waals surface area contributed by atoms with Crippen LogP contribution in [-0.4, -0.2) is 9.55 Å². The number of hydrogen-bond donors (Lipinski definition) is 1. The van der Waals surface area contributed by atoms with Gasteiger partial charge in [-0.15, -0.1) is 0 Å². The molecule has 0 aliphatic heterocycles. The zero-order chi connectivity index (χ0) is 21.1. The maximum atomic E-state index is 14.6. The van der Waals surface area contributed by atoms with Crippen LogP contribution in [0.1, 0.15) is 12.5 Å². The highest BCUT2D eigenvalue weighted by Crippen LogP contribution is 2.27. The standard InChI is InChI=1S/C22H18F3N3O/c1-4-8-17(13(3)23)27-20-11-19(29)21-14(5-2)16(25)12-26-22(21)28(20)18-10-7-6-9-15(18)24/h4,6-12,27H,1,3,5H2,2H3/b17-8+. The molecule has 0 amide bonds. The lowest BCUT2D eigenvalue weighted by atomic mass is 10.1. The third-order valence-corrected chi connectivity index (χ3v) is 4.37. The molecule has 0 fully saturated rings. The second-order valence-corrected chi connectivity index (χ2v) is 6.16. The van der Waals surface area contributed by atoms with Gasteiger partial charge in [-0.1, -0.05) is 38.3 Å². The fourth-order valence-corrected chi connectivity index (χ4v) is 3.09. The van der Waals surface area contributed by atoms with Gasteiger partial charge in [0.05, 0.1) is 23.0 Å². The molecule has 148 valence electrons. The minimum Gasteiger partial charge on any atom is -0.339 e. The minimum absolute atomic E-state index is 0.0367. The molecule has 0 saturated heterocycles. The van der Waals surface area contributed by atoms with Gasteiger partial charge in [0.1, 0.15) is 23.3 Å². The molecule has 0 aliphatic rings. The third-order valence-electron chi connectivity index (χ3n) is 4.37. The van der Waals surface area contributed by atoms with E-state index in [1.807, 2.05) is 0 Å². The number of allylic oxidation sites excluding steroid dienone is 3. The molecule has 1 N–H and O–H groups in total. The first-order valence-electron chi connectivity index (χ1n) is 8.81. The molecule has 3 rings (SSSR count). The number of nitrogens with zero attached hydrogens (tertiary/aromatic N) is 2. The average molecular weight is 397 g/mol. The Morgan fingerprint density at radius 2 is 2.00 bits per heavy atom. The summed E-state index contributed by atoms with van der Waals surface area (Å²) < 4.78 is 44.0. The fraction of sp³-hybridized carbons (Fsp3) is 0.0909. The molecule has 29 heavy (non-hydrogen) atoms. The summed E-state index contributed by atoms with van der Waals surface area (Å²) in [5, 5.41) is 2.77. The second-order valence-electron chi connectivity index (χ2n) is 6.16. The summed E-state index contributed by atoms with van der Waals surface area (Å²) in [5.74, 6) is -1.99. The summed E-state index contributed by atoms with van der Waals surface area (Å²) in [4.78, 5) is 16.9. The first-order chi connectivity index (χ1) is 13.9. The van der Waals surface area contributed by atoms with E-state index >= 15 is 0 Å². The molecular formula is C22H18F3N3O. The summed E-state index contributed by atoms with van der Waals surface area (Å²) in [7, 11) is 0. The predicted molar refractivity (Wildman–Crippen MR) is 109 cm³/mol. The lowest BCUT2D eigenvalue weighted by Crippen LogP contribution is -2.18. The summed E-state index contributed by atoms with van der Waals surface area (Å²) in [6.45, 7) is 8.46. The van der Waals surface area contributed by atoms with E-state index in [0.29, 0.717) is 0 Å². The third kappa shape index (κ3) is 3.71. The van der Waals surface area contributed by atoms with Crippen LogP contribution in [0.3, 0.4) is 0 Å². The van der Waals surface area contributed by atoms with Gasteiger partial charge >= 0.3 is 0 Å². The molecule has 1 aromatic carbocycles. The van der Waals surface area contributed by atoms with Crippen LogP contribution in [0.5, 0.6) is 0 Å². The zero-order valence-electron chi connectivity index (χ0n) is 15.7. The van der Waals surface area contributed by atoms with Gasteiger partial charge in [0, 0.05) is 11.6 Å². The van der Waals surface area contributed by atoms with E-state index in [1.54, 1.807) is 13.0 Å². The first kappa shape index (κ1) is 20.1. The number of pyridine rings is 2. The molecule has 0 saturated carbocycles. The number of aryl methyl sites for hydroxylation is 1. The van der Waals surface area contributed by atoms with Crippen LogP contribution in [0.4, 0.5) is 19.0 Å². The Kier molecular flexibility index (Phi) is 5.68. The SMILES string of the molecule is C=C/C=C(/Nc1cc(=O)c2c(CC)c(F)cnc2n1-c1ccccc1F)C(=C)F. The molecule has 7 heteroatoms. The summed E-state index contributed by atoms with van der Waals surface area (Å²) in [6.07, 6.45) is 3.88. The first-order valence-corrected chi connectivity index (χ1v) is 8.81. The Bertz CT molecular complexity index is 1210.